The molecule has 1 aromatic carbocycles. The summed E-state index contributed by atoms with van der Waals surface area (Å²) in [5.74, 6) is -4.35. The highest BCUT2D eigenvalue weighted by molar-refractivity contribution is 7.46. The lowest BCUT2D eigenvalue weighted by atomic mass is 10.0. The van der Waals surface area contributed by atoms with Gasteiger partial charge in [-0.15, -0.1) is 0 Å². The number of aliphatic hydroxyl groups is 1. The molecule has 0 fully saturated rings. The van der Waals surface area contributed by atoms with E-state index in [1.807, 2.05) is 0 Å². The van der Waals surface area contributed by atoms with E-state index in [0.29, 0.717) is 0 Å². The quantitative estimate of drug-likeness (QED) is 0.111. The first-order valence-electron chi connectivity index (χ1n) is 11.0. The van der Waals surface area contributed by atoms with Crippen molar-refractivity contribution in [3.63, 3.8) is 0 Å². The molecule has 15 nitrogen and oxygen atoms in total. The molecule has 0 aliphatic heterocycles. The van der Waals surface area contributed by atoms with Gasteiger partial charge < -0.3 is 41.9 Å². The average molecular weight is 545 g/mol. The van der Waals surface area contributed by atoms with Crippen molar-refractivity contribution in [1.82, 2.24) is 21.3 Å². The molecule has 0 bridgehead atoms. The topological polar surface area (TPSA) is 246 Å². The van der Waals surface area contributed by atoms with Crippen LogP contribution in [0.2, 0.25) is 0 Å². The molecule has 9 N–H and O–H groups in total. The second-order valence-corrected chi connectivity index (χ2v) is 9.39. The molecule has 0 spiro atoms. The number of phosphoric ester groups is 1. The van der Waals surface area contributed by atoms with Gasteiger partial charge in [0.25, 0.3) is 0 Å². The van der Waals surface area contributed by atoms with Crippen molar-refractivity contribution in [3.8, 4) is 0 Å². The van der Waals surface area contributed by atoms with Crippen molar-refractivity contribution in [2.24, 2.45) is 5.73 Å². The first-order chi connectivity index (χ1) is 17.1. The highest BCUT2D eigenvalue weighted by Gasteiger charge is 2.32. The molecule has 0 aliphatic carbocycles. The van der Waals surface area contributed by atoms with E-state index in [9.17, 15) is 33.6 Å². The summed E-state index contributed by atoms with van der Waals surface area (Å²) in [4.78, 5) is 78.6. The summed E-state index contributed by atoms with van der Waals surface area (Å²) in [6, 6.07) is 3.20. The molecular weight excluding hydrogens is 513 g/mol. The van der Waals surface area contributed by atoms with Crippen molar-refractivity contribution in [2.45, 2.75) is 57.5 Å². The van der Waals surface area contributed by atoms with E-state index < -0.39 is 74.2 Å². The van der Waals surface area contributed by atoms with Crippen LogP contribution in [-0.4, -0.2) is 81.3 Å². The average Bonchev–Trinajstić information content (AvgIpc) is 2.78. The largest absolute Gasteiger partial charge is 0.469 e. The highest BCUT2D eigenvalue weighted by atomic mass is 31.2. The van der Waals surface area contributed by atoms with Crippen molar-refractivity contribution in [2.75, 3.05) is 6.61 Å². The van der Waals surface area contributed by atoms with Crippen LogP contribution in [0, 0.1) is 0 Å². The summed E-state index contributed by atoms with van der Waals surface area (Å²) in [7, 11) is -4.95. The standard InChI is InChI=1S/C21H32N5O10P/c1-11(19(30)25-16(18(22)29)10-36-37(33,34)35)23-21(32)17(12(2)27)26-20(31)15(24-13(3)28)9-14-7-5-4-6-8-14/h4-8,11-12,15-17,27H,9-10H2,1-3H3,(H2,22,29)(H,23,32)(H,24,28)(H,25,30)(H,26,31)(H2,33,34,35)/t11-,12+,15-,16-,17-/m1/s1. The Kier molecular flexibility index (Phi) is 12.3. The van der Waals surface area contributed by atoms with Gasteiger partial charge in [0.15, 0.2) is 0 Å². The Hall–Kier alpha value is -3.36. The summed E-state index contributed by atoms with van der Waals surface area (Å²) in [5.41, 5.74) is 5.82. The fraction of sp³-hybridized carbons (Fsp3) is 0.476. The number of amides is 5. The van der Waals surface area contributed by atoms with Crippen LogP contribution in [0.3, 0.4) is 0 Å². The lowest BCUT2D eigenvalue weighted by Crippen LogP contribution is -2.60. The van der Waals surface area contributed by atoms with Crippen molar-refractivity contribution in [3.05, 3.63) is 35.9 Å². The molecule has 0 unspecified atom stereocenters. The molecule has 0 aliphatic rings. The number of primary amides is 1. The molecule has 0 heterocycles. The van der Waals surface area contributed by atoms with Crippen LogP contribution < -0.4 is 27.0 Å². The molecule has 206 valence electrons. The number of aliphatic hydroxyl groups excluding tert-OH is 1. The molecule has 5 atom stereocenters. The molecule has 1 aromatic rings. The minimum Gasteiger partial charge on any atom is -0.391 e. The molecule has 16 heteroatoms. The molecule has 0 radical (unpaired) electrons. The maximum absolute atomic E-state index is 12.9. The first kappa shape index (κ1) is 31.7. The number of hydrogen-bond acceptors (Lipinski definition) is 8. The number of hydrogen-bond donors (Lipinski definition) is 8. The molecule has 1 rings (SSSR count). The third kappa shape index (κ3) is 11.9. The van der Waals surface area contributed by atoms with E-state index in [1.165, 1.54) is 20.8 Å². The Morgan fingerprint density at radius 2 is 1.51 bits per heavy atom. The Morgan fingerprint density at radius 1 is 0.919 bits per heavy atom. The lowest BCUT2D eigenvalue weighted by Gasteiger charge is -2.26. The number of nitrogens with two attached hydrogens (primary N) is 1. The molecular formula is C21H32N5O10P. The Morgan fingerprint density at radius 3 is 2.00 bits per heavy atom. The highest BCUT2D eigenvalue weighted by Crippen LogP contribution is 2.35. The minimum absolute atomic E-state index is 0.102. The normalized spacial score (nSPS) is 15.3. The van der Waals surface area contributed by atoms with Crippen molar-refractivity contribution in [1.29, 1.82) is 0 Å². The maximum atomic E-state index is 12.9. The predicted octanol–water partition coefficient (Wildman–Crippen LogP) is -2.82. The van der Waals surface area contributed by atoms with Gasteiger partial charge >= 0.3 is 7.82 Å². The van der Waals surface area contributed by atoms with E-state index in [1.54, 1.807) is 30.3 Å². The Labute approximate surface area is 212 Å². The predicted molar refractivity (Wildman–Crippen MR) is 128 cm³/mol. The van der Waals surface area contributed by atoms with Crippen molar-refractivity contribution < 1.29 is 48.0 Å². The van der Waals surface area contributed by atoms with Crippen LogP contribution >= 0.6 is 7.82 Å². The smallest absolute Gasteiger partial charge is 0.391 e. The van der Waals surface area contributed by atoms with E-state index in [4.69, 9.17) is 15.5 Å². The van der Waals surface area contributed by atoms with Gasteiger partial charge in [0.05, 0.1) is 12.7 Å². The summed E-state index contributed by atoms with van der Waals surface area (Å²) in [6.07, 6.45) is -1.31. The fourth-order valence-electron chi connectivity index (χ4n) is 3.00. The number of carbonyl (C=O) groups excluding carboxylic acids is 5. The van der Waals surface area contributed by atoms with Gasteiger partial charge in [-0.3, -0.25) is 28.5 Å². The Balaban J connectivity index is 2.87. The second kappa shape index (κ2) is 14.4. The zero-order chi connectivity index (χ0) is 28.3. The van der Waals surface area contributed by atoms with Crippen LogP contribution in [-0.2, 0) is 39.5 Å². The first-order valence-corrected chi connectivity index (χ1v) is 12.5. The molecule has 37 heavy (non-hydrogen) atoms. The molecule has 0 aromatic heterocycles. The number of rotatable bonds is 14. The monoisotopic (exact) mass is 545 g/mol. The van der Waals surface area contributed by atoms with Gasteiger partial charge in [0.2, 0.25) is 29.5 Å². The zero-order valence-corrected chi connectivity index (χ0v) is 21.3. The van der Waals surface area contributed by atoms with Gasteiger partial charge in [0, 0.05) is 13.3 Å². The number of benzene rings is 1. The van der Waals surface area contributed by atoms with Crippen LogP contribution in [0.1, 0.15) is 26.3 Å². The van der Waals surface area contributed by atoms with Gasteiger partial charge in [0.1, 0.15) is 24.2 Å². The lowest BCUT2D eigenvalue weighted by molar-refractivity contribution is -0.136. The third-order valence-corrected chi connectivity index (χ3v) is 5.35. The summed E-state index contributed by atoms with van der Waals surface area (Å²) >= 11 is 0. The zero-order valence-electron chi connectivity index (χ0n) is 20.4. The van der Waals surface area contributed by atoms with Crippen LogP contribution in [0.5, 0.6) is 0 Å². The SMILES string of the molecule is CC(=O)N[C@H](Cc1ccccc1)C(=O)N[C@@H](C(=O)N[C@H](C)C(=O)N[C@H](COP(=O)(O)O)C(N)=O)[C@H](C)O. The maximum Gasteiger partial charge on any atom is 0.469 e. The van der Waals surface area contributed by atoms with E-state index in [0.717, 1.165) is 5.56 Å². The van der Waals surface area contributed by atoms with Gasteiger partial charge in [-0.2, -0.15) is 0 Å². The van der Waals surface area contributed by atoms with Gasteiger partial charge in [-0.1, -0.05) is 30.3 Å². The van der Waals surface area contributed by atoms with Gasteiger partial charge in [-0.25, -0.2) is 4.57 Å². The van der Waals surface area contributed by atoms with E-state index >= 15 is 0 Å². The molecule has 0 saturated carbocycles. The number of nitrogens with one attached hydrogen (secondary N) is 4. The van der Waals surface area contributed by atoms with Crippen LogP contribution in [0.15, 0.2) is 30.3 Å². The summed E-state index contributed by atoms with van der Waals surface area (Å²) in [6.45, 7) is 2.73. The number of phosphoric acid groups is 1. The Bertz CT molecular complexity index is 1020. The molecule has 0 saturated heterocycles. The third-order valence-electron chi connectivity index (χ3n) is 4.86. The second-order valence-electron chi connectivity index (χ2n) is 8.15. The van der Waals surface area contributed by atoms with Crippen LogP contribution in [0.25, 0.3) is 0 Å². The van der Waals surface area contributed by atoms with E-state index in [-0.39, 0.29) is 6.42 Å². The summed E-state index contributed by atoms with van der Waals surface area (Å²) in [5, 5.41) is 19.3. The molecule has 5 amide bonds. The summed E-state index contributed by atoms with van der Waals surface area (Å²) < 4.78 is 15.0. The minimum atomic E-state index is -4.95. The van der Waals surface area contributed by atoms with Gasteiger partial charge in [-0.05, 0) is 19.4 Å². The van der Waals surface area contributed by atoms with Crippen LogP contribution in [0.4, 0.5) is 0 Å². The van der Waals surface area contributed by atoms with E-state index in [2.05, 4.69) is 25.8 Å². The number of carbonyl (C=O) groups is 5. The fourth-order valence-corrected chi connectivity index (χ4v) is 3.34. The van der Waals surface area contributed by atoms with Crippen molar-refractivity contribution >= 4 is 37.4 Å².